The summed E-state index contributed by atoms with van der Waals surface area (Å²) in [4.78, 5) is 0.133. The lowest BCUT2D eigenvalue weighted by atomic mass is 9.86. The molecule has 0 amide bonds. The molecule has 0 aliphatic heterocycles. The van der Waals surface area contributed by atoms with E-state index in [0.717, 1.165) is 0 Å². The van der Waals surface area contributed by atoms with Gasteiger partial charge in [0.25, 0.3) is 0 Å². The molecule has 28 heavy (non-hydrogen) atoms. The van der Waals surface area contributed by atoms with Gasteiger partial charge in [-0.1, -0.05) is 125 Å². The van der Waals surface area contributed by atoms with Crippen LogP contribution in [0.4, 0.5) is 0 Å². The fourth-order valence-corrected chi connectivity index (χ4v) is 4.94. The van der Waals surface area contributed by atoms with E-state index in [4.69, 9.17) is 0 Å². The third-order valence-electron chi connectivity index (χ3n) is 5.38. The van der Waals surface area contributed by atoms with E-state index in [1.54, 1.807) is 0 Å². The molecule has 0 heterocycles. The number of fused-ring (bicyclic) bond motifs is 2. The first kappa shape index (κ1) is 17.2. The second-order valence-electron chi connectivity index (χ2n) is 7.02. The molecule has 5 aromatic rings. The highest BCUT2D eigenvalue weighted by molar-refractivity contribution is 9.09. The third-order valence-corrected chi connectivity index (χ3v) is 6.37. The molecular weight excluding hydrogens is 404 g/mol. The van der Waals surface area contributed by atoms with Gasteiger partial charge in [0.15, 0.2) is 0 Å². The zero-order chi connectivity index (χ0) is 18.9. The van der Waals surface area contributed by atoms with Gasteiger partial charge in [-0.05, 0) is 43.8 Å². The van der Waals surface area contributed by atoms with Gasteiger partial charge in [0.1, 0.15) is 0 Å². The van der Waals surface area contributed by atoms with Gasteiger partial charge in [-0.2, -0.15) is 0 Å². The normalized spacial score (nSPS) is 12.3. The lowest BCUT2D eigenvalue weighted by Gasteiger charge is -2.20. The van der Waals surface area contributed by atoms with Crippen LogP contribution in [-0.2, 0) is 0 Å². The smallest absolute Gasteiger partial charge is 0.0656 e. The van der Waals surface area contributed by atoms with Crippen LogP contribution in [0, 0.1) is 0 Å². The first-order valence-electron chi connectivity index (χ1n) is 9.52. The maximum absolute atomic E-state index is 4.02. The van der Waals surface area contributed by atoms with Gasteiger partial charge in [0, 0.05) is 0 Å². The maximum atomic E-state index is 4.02. The Kier molecular flexibility index (Phi) is 4.46. The van der Waals surface area contributed by atoms with E-state index in [2.05, 4.69) is 125 Å². The molecule has 5 rings (SSSR count). The minimum absolute atomic E-state index is 0.133. The fourth-order valence-electron chi connectivity index (χ4n) is 4.14. The van der Waals surface area contributed by atoms with Gasteiger partial charge in [-0.3, -0.25) is 0 Å². The Morgan fingerprint density at radius 2 is 0.893 bits per heavy atom. The van der Waals surface area contributed by atoms with E-state index in [-0.39, 0.29) is 4.83 Å². The minimum Gasteiger partial charge on any atom is -0.0786 e. The lowest BCUT2D eigenvalue weighted by molar-refractivity contribution is 1.22. The summed E-state index contributed by atoms with van der Waals surface area (Å²) < 4.78 is 0. The predicted molar refractivity (Wildman–Crippen MR) is 124 cm³/mol. The summed E-state index contributed by atoms with van der Waals surface area (Å²) in [5, 5.41) is 5.18. The van der Waals surface area contributed by atoms with Gasteiger partial charge in [-0.25, -0.2) is 0 Å². The molecule has 0 spiro atoms. The van der Waals surface area contributed by atoms with E-state index in [9.17, 15) is 0 Å². The molecule has 0 nitrogen and oxygen atoms in total. The molecule has 1 atom stereocenters. The Morgan fingerprint density at radius 3 is 1.43 bits per heavy atom. The summed E-state index contributed by atoms with van der Waals surface area (Å²) in [6.07, 6.45) is 0. The largest absolute Gasteiger partial charge is 0.0786 e. The first-order valence-corrected chi connectivity index (χ1v) is 10.4. The van der Waals surface area contributed by atoms with Crippen molar-refractivity contribution in [3.05, 3.63) is 120 Å². The van der Waals surface area contributed by atoms with Crippen molar-refractivity contribution in [1.29, 1.82) is 0 Å². The molecule has 0 N–H and O–H groups in total. The first-order chi connectivity index (χ1) is 13.8. The van der Waals surface area contributed by atoms with Crippen LogP contribution in [0.3, 0.4) is 0 Å². The van der Waals surface area contributed by atoms with E-state index < -0.39 is 0 Å². The molecule has 5 aromatic carbocycles. The van der Waals surface area contributed by atoms with Crippen LogP contribution in [0.1, 0.15) is 16.0 Å². The van der Waals surface area contributed by atoms with Crippen molar-refractivity contribution in [1.82, 2.24) is 0 Å². The second-order valence-corrected chi connectivity index (χ2v) is 7.93. The quantitative estimate of drug-likeness (QED) is 0.203. The summed E-state index contributed by atoms with van der Waals surface area (Å²) in [5.41, 5.74) is 5.16. The van der Waals surface area contributed by atoms with Gasteiger partial charge in [0.2, 0.25) is 0 Å². The highest BCUT2D eigenvalue weighted by Gasteiger charge is 2.20. The SMILES string of the molecule is BrC(c1ccccc1)c1c2ccccc2c(-c2ccccc2)c2ccccc12. The van der Waals surface area contributed by atoms with Crippen LogP contribution >= 0.6 is 15.9 Å². The molecule has 134 valence electrons. The highest BCUT2D eigenvalue weighted by atomic mass is 79.9. The van der Waals surface area contributed by atoms with Crippen LogP contribution < -0.4 is 0 Å². The number of hydrogen-bond donors (Lipinski definition) is 0. The molecule has 0 radical (unpaired) electrons. The molecule has 1 unspecified atom stereocenters. The third kappa shape index (κ3) is 2.83. The summed E-state index contributed by atoms with van der Waals surface area (Å²) in [5.74, 6) is 0. The topological polar surface area (TPSA) is 0 Å². The number of alkyl halides is 1. The van der Waals surface area contributed by atoms with Crippen molar-refractivity contribution >= 4 is 37.5 Å². The van der Waals surface area contributed by atoms with Gasteiger partial charge in [0.05, 0.1) is 4.83 Å². The predicted octanol–water partition coefficient (Wildman–Crippen LogP) is 8.14. The van der Waals surface area contributed by atoms with Crippen molar-refractivity contribution in [3.8, 4) is 11.1 Å². The Balaban J connectivity index is 1.92. The minimum atomic E-state index is 0.133. The molecular formula is C27H19Br. The van der Waals surface area contributed by atoms with Crippen LogP contribution in [-0.4, -0.2) is 0 Å². The average Bonchev–Trinajstić information content (AvgIpc) is 2.78. The zero-order valence-corrected chi connectivity index (χ0v) is 16.9. The zero-order valence-electron chi connectivity index (χ0n) is 15.3. The highest BCUT2D eigenvalue weighted by Crippen LogP contribution is 2.45. The number of benzene rings is 5. The van der Waals surface area contributed by atoms with Crippen molar-refractivity contribution in [2.45, 2.75) is 4.83 Å². The van der Waals surface area contributed by atoms with Crippen LogP contribution in [0.15, 0.2) is 109 Å². The summed E-state index contributed by atoms with van der Waals surface area (Å²) >= 11 is 4.02. The molecule has 0 saturated heterocycles. The molecule has 0 bridgehead atoms. The van der Waals surface area contributed by atoms with Crippen molar-refractivity contribution < 1.29 is 0 Å². The van der Waals surface area contributed by atoms with E-state index in [1.807, 2.05) is 0 Å². The van der Waals surface area contributed by atoms with E-state index >= 15 is 0 Å². The van der Waals surface area contributed by atoms with Crippen molar-refractivity contribution in [3.63, 3.8) is 0 Å². The summed E-state index contributed by atoms with van der Waals surface area (Å²) in [6, 6.07) is 38.9. The molecule has 0 saturated carbocycles. The Labute approximate surface area is 173 Å². The Morgan fingerprint density at radius 1 is 0.464 bits per heavy atom. The Hall–Kier alpha value is -2.90. The van der Waals surface area contributed by atoms with E-state index in [0.29, 0.717) is 0 Å². The van der Waals surface area contributed by atoms with Crippen LogP contribution in [0.5, 0.6) is 0 Å². The Bertz CT molecular complexity index is 1200. The summed E-state index contributed by atoms with van der Waals surface area (Å²) in [7, 11) is 0. The van der Waals surface area contributed by atoms with Gasteiger partial charge >= 0.3 is 0 Å². The maximum Gasteiger partial charge on any atom is 0.0656 e. The number of hydrogen-bond acceptors (Lipinski definition) is 0. The monoisotopic (exact) mass is 422 g/mol. The van der Waals surface area contributed by atoms with Crippen LogP contribution in [0.25, 0.3) is 32.7 Å². The van der Waals surface area contributed by atoms with Gasteiger partial charge < -0.3 is 0 Å². The van der Waals surface area contributed by atoms with Crippen LogP contribution in [0.2, 0.25) is 0 Å². The molecule has 0 aliphatic carbocycles. The number of rotatable bonds is 3. The second kappa shape index (κ2) is 7.26. The average molecular weight is 423 g/mol. The molecule has 0 aliphatic rings. The standard InChI is InChI=1S/C27H19Br/c28-27(20-13-5-2-6-14-20)26-23-17-9-7-15-21(23)25(19-11-3-1-4-12-19)22-16-8-10-18-24(22)26/h1-18,27H. The molecule has 0 fully saturated rings. The van der Waals surface area contributed by atoms with Gasteiger partial charge in [-0.15, -0.1) is 0 Å². The molecule has 0 aromatic heterocycles. The van der Waals surface area contributed by atoms with Crippen molar-refractivity contribution in [2.75, 3.05) is 0 Å². The van der Waals surface area contributed by atoms with Crippen molar-refractivity contribution in [2.24, 2.45) is 0 Å². The molecule has 1 heteroatoms. The lowest BCUT2D eigenvalue weighted by Crippen LogP contribution is -1.98. The van der Waals surface area contributed by atoms with E-state index in [1.165, 1.54) is 43.8 Å². The summed E-state index contributed by atoms with van der Waals surface area (Å²) in [6.45, 7) is 0. The number of halogens is 1. The fraction of sp³-hybridized carbons (Fsp3) is 0.0370.